The molecule has 1 atom stereocenters. The first-order valence-corrected chi connectivity index (χ1v) is 10.8. The third-order valence-corrected chi connectivity index (χ3v) is 5.98. The van der Waals surface area contributed by atoms with E-state index in [0.29, 0.717) is 27.9 Å². The van der Waals surface area contributed by atoms with Crippen LogP contribution in [0.1, 0.15) is 0 Å². The van der Waals surface area contributed by atoms with Crippen molar-refractivity contribution >= 4 is 38.9 Å². The van der Waals surface area contributed by atoms with Gasteiger partial charge in [0.05, 0.1) is 4.90 Å². The lowest BCUT2D eigenvalue weighted by molar-refractivity contribution is -0.125. The van der Waals surface area contributed by atoms with Gasteiger partial charge in [-0.05, 0) is 60.7 Å². The Morgan fingerprint density at radius 2 is 1.53 bits per heavy atom. The SMILES string of the molecule is O=C(Nc1ccc(S(=O)(=O)Nc2ccc(Cl)cc2)cc1)[C@@H]1COc2ccccc2O1. The number of nitrogens with one attached hydrogen (secondary N) is 2. The fourth-order valence-electron chi connectivity index (χ4n) is 2.82. The Balaban J connectivity index is 1.41. The highest BCUT2D eigenvalue weighted by molar-refractivity contribution is 7.92. The van der Waals surface area contributed by atoms with Crippen molar-refractivity contribution in [3.05, 3.63) is 77.8 Å². The fraction of sp³-hybridized carbons (Fsp3) is 0.0952. The van der Waals surface area contributed by atoms with Gasteiger partial charge in [-0.3, -0.25) is 9.52 Å². The molecular weight excluding hydrogens is 428 g/mol. The molecule has 0 radical (unpaired) electrons. The first kappa shape index (κ1) is 20.1. The summed E-state index contributed by atoms with van der Waals surface area (Å²) in [6.07, 6.45) is -0.810. The summed E-state index contributed by atoms with van der Waals surface area (Å²) in [5.74, 6) is 0.697. The van der Waals surface area contributed by atoms with Crippen molar-refractivity contribution in [1.82, 2.24) is 0 Å². The van der Waals surface area contributed by atoms with E-state index in [4.69, 9.17) is 21.1 Å². The molecule has 0 saturated heterocycles. The van der Waals surface area contributed by atoms with Crippen molar-refractivity contribution in [3.8, 4) is 11.5 Å². The van der Waals surface area contributed by atoms with Crippen LogP contribution in [0.5, 0.6) is 11.5 Å². The van der Waals surface area contributed by atoms with Gasteiger partial charge in [0.15, 0.2) is 11.5 Å². The maximum absolute atomic E-state index is 12.5. The molecule has 30 heavy (non-hydrogen) atoms. The number of hydrogen-bond donors (Lipinski definition) is 2. The van der Waals surface area contributed by atoms with E-state index >= 15 is 0 Å². The van der Waals surface area contributed by atoms with E-state index < -0.39 is 16.1 Å². The van der Waals surface area contributed by atoms with Crippen LogP contribution in [0.25, 0.3) is 0 Å². The summed E-state index contributed by atoms with van der Waals surface area (Å²) in [7, 11) is -3.78. The molecular formula is C21H17ClN2O5S. The van der Waals surface area contributed by atoms with Gasteiger partial charge in [-0.2, -0.15) is 0 Å². The molecule has 0 aromatic heterocycles. The third kappa shape index (κ3) is 4.50. The van der Waals surface area contributed by atoms with Gasteiger partial charge in [0.25, 0.3) is 15.9 Å². The summed E-state index contributed by atoms with van der Waals surface area (Å²) in [5, 5.41) is 3.21. The van der Waals surface area contributed by atoms with Gasteiger partial charge >= 0.3 is 0 Å². The van der Waals surface area contributed by atoms with E-state index in [1.165, 1.54) is 24.3 Å². The van der Waals surface area contributed by atoms with Crippen molar-refractivity contribution in [2.24, 2.45) is 0 Å². The number of hydrogen-bond acceptors (Lipinski definition) is 5. The molecule has 2 N–H and O–H groups in total. The average Bonchev–Trinajstić information content (AvgIpc) is 2.75. The number of ether oxygens (including phenoxy) is 2. The third-order valence-electron chi connectivity index (χ3n) is 4.33. The van der Waals surface area contributed by atoms with Crippen LogP contribution < -0.4 is 19.5 Å². The molecule has 0 saturated carbocycles. The molecule has 4 rings (SSSR count). The number of halogens is 1. The normalized spacial score (nSPS) is 15.3. The number of para-hydroxylation sites is 2. The van der Waals surface area contributed by atoms with Gasteiger partial charge < -0.3 is 14.8 Å². The Morgan fingerprint density at radius 3 is 2.23 bits per heavy atom. The molecule has 0 unspecified atom stereocenters. The molecule has 3 aromatic rings. The van der Waals surface area contributed by atoms with Crippen molar-refractivity contribution < 1.29 is 22.7 Å². The number of benzene rings is 3. The minimum atomic E-state index is -3.78. The van der Waals surface area contributed by atoms with Gasteiger partial charge in [0.1, 0.15) is 6.61 Å². The minimum absolute atomic E-state index is 0.0571. The second kappa shape index (κ2) is 8.25. The largest absolute Gasteiger partial charge is 0.485 e. The van der Waals surface area contributed by atoms with Crippen LogP contribution in [-0.2, 0) is 14.8 Å². The van der Waals surface area contributed by atoms with Crippen LogP contribution in [0.2, 0.25) is 5.02 Å². The first-order valence-electron chi connectivity index (χ1n) is 8.98. The number of carbonyl (C=O) groups is 1. The zero-order valence-corrected chi connectivity index (χ0v) is 17.1. The van der Waals surface area contributed by atoms with Crippen LogP contribution in [0.15, 0.2) is 77.7 Å². The zero-order chi connectivity index (χ0) is 21.1. The van der Waals surface area contributed by atoms with Crippen molar-refractivity contribution in [2.45, 2.75) is 11.0 Å². The number of sulfonamides is 1. The summed E-state index contributed by atoms with van der Waals surface area (Å²) < 4.78 is 38.7. The molecule has 1 heterocycles. The molecule has 1 aliphatic rings. The quantitative estimate of drug-likeness (QED) is 0.622. The minimum Gasteiger partial charge on any atom is -0.485 e. The number of anilines is 2. The zero-order valence-electron chi connectivity index (χ0n) is 15.5. The van der Waals surface area contributed by atoms with Crippen molar-refractivity contribution in [2.75, 3.05) is 16.6 Å². The highest BCUT2D eigenvalue weighted by Gasteiger charge is 2.27. The summed E-state index contributed by atoms with van der Waals surface area (Å²) in [5.41, 5.74) is 0.833. The fourth-order valence-corrected chi connectivity index (χ4v) is 4.01. The second-order valence-electron chi connectivity index (χ2n) is 6.49. The predicted octanol–water partition coefficient (Wildman–Crippen LogP) is 3.92. The molecule has 154 valence electrons. The Hall–Kier alpha value is -3.23. The highest BCUT2D eigenvalue weighted by Crippen LogP contribution is 2.31. The Labute approximate surface area is 178 Å². The van der Waals surface area contributed by atoms with E-state index in [0.717, 1.165) is 0 Å². The number of fused-ring (bicyclic) bond motifs is 1. The van der Waals surface area contributed by atoms with E-state index in [-0.39, 0.29) is 17.4 Å². The standard InChI is InChI=1S/C21H17ClN2O5S/c22-14-5-7-16(8-6-14)24-30(26,27)17-11-9-15(10-12-17)23-21(25)20-13-28-18-3-1-2-4-19(18)29-20/h1-12,20,24H,13H2,(H,23,25)/t20-/m0/s1. The molecule has 1 amide bonds. The molecule has 3 aromatic carbocycles. The number of carbonyl (C=O) groups excluding carboxylic acids is 1. The summed E-state index contributed by atoms with van der Waals surface area (Å²) in [6.45, 7) is 0.0837. The highest BCUT2D eigenvalue weighted by atomic mass is 35.5. The number of amides is 1. The van der Waals surface area contributed by atoms with E-state index in [1.54, 1.807) is 42.5 Å². The molecule has 0 bridgehead atoms. The van der Waals surface area contributed by atoms with Crippen molar-refractivity contribution in [3.63, 3.8) is 0 Å². The molecule has 1 aliphatic heterocycles. The van der Waals surface area contributed by atoms with E-state index in [1.807, 2.05) is 6.07 Å². The van der Waals surface area contributed by atoms with Crippen LogP contribution in [-0.4, -0.2) is 27.0 Å². The molecule has 7 nitrogen and oxygen atoms in total. The van der Waals surface area contributed by atoms with Crippen LogP contribution in [0, 0.1) is 0 Å². The van der Waals surface area contributed by atoms with Gasteiger partial charge in [-0.1, -0.05) is 23.7 Å². The lowest BCUT2D eigenvalue weighted by Crippen LogP contribution is -2.40. The predicted molar refractivity (Wildman–Crippen MR) is 114 cm³/mol. The lowest BCUT2D eigenvalue weighted by atomic mass is 10.2. The maximum Gasteiger partial charge on any atom is 0.269 e. The van der Waals surface area contributed by atoms with Crippen LogP contribution in [0.3, 0.4) is 0 Å². The molecule has 0 aliphatic carbocycles. The van der Waals surface area contributed by atoms with E-state index in [2.05, 4.69) is 10.0 Å². The molecule has 9 heteroatoms. The Kier molecular flexibility index (Phi) is 5.52. The van der Waals surface area contributed by atoms with Crippen LogP contribution in [0.4, 0.5) is 11.4 Å². The van der Waals surface area contributed by atoms with Crippen LogP contribution >= 0.6 is 11.6 Å². The van der Waals surface area contributed by atoms with Gasteiger partial charge in [-0.25, -0.2) is 8.42 Å². The summed E-state index contributed by atoms with van der Waals surface area (Å²) in [4.78, 5) is 12.5. The molecule has 0 fully saturated rings. The number of rotatable bonds is 5. The monoisotopic (exact) mass is 444 g/mol. The van der Waals surface area contributed by atoms with Crippen molar-refractivity contribution in [1.29, 1.82) is 0 Å². The topological polar surface area (TPSA) is 93.7 Å². The summed E-state index contributed by atoms with van der Waals surface area (Å²) >= 11 is 5.81. The second-order valence-corrected chi connectivity index (χ2v) is 8.61. The Morgan fingerprint density at radius 1 is 0.900 bits per heavy atom. The molecule has 0 spiro atoms. The van der Waals surface area contributed by atoms with Gasteiger partial charge in [0, 0.05) is 16.4 Å². The Bertz CT molecular complexity index is 1160. The lowest BCUT2D eigenvalue weighted by Gasteiger charge is -2.25. The maximum atomic E-state index is 12.5. The average molecular weight is 445 g/mol. The van der Waals surface area contributed by atoms with E-state index in [9.17, 15) is 13.2 Å². The van der Waals surface area contributed by atoms with Gasteiger partial charge in [0.2, 0.25) is 6.10 Å². The smallest absolute Gasteiger partial charge is 0.269 e. The first-order chi connectivity index (χ1) is 14.4. The van der Waals surface area contributed by atoms with Gasteiger partial charge in [-0.15, -0.1) is 0 Å². The summed E-state index contributed by atoms with van der Waals surface area (Å²) in [6, 6.07) is 19.2.